The first-order valence-corrected chi connectivity index (χ1v) is 10.4. The number of imidazole rings is 1. The van der Waals surface area contributed by atoms with E-state index in [9.17, 15) is 8.42 Å². The minimum absolute atomic E-state index is 0.366. The van der Waals surface area contributed by atoms with E-state index in [2.05, 4.69) is 26.4 Å². The summed E-state index contributed by atoms with van der Waals surface area (Å²) >= 11 is 0. The summed E-state index contributed by atoms with van der Waals surface area (Å²) in [5.74, 6) is 0.891. The SMILES string of the molecule is O=S(=O)(NCCc1nccn1Cc1ccccc1)N1CCCCCC1. The van der Waals surface area contributed by atoms with Crippen LogP contribution in [0.4, 0.5) is 0 Å². The molecule has 0 radical (unpaired) electrons. The van der Waals surface area contributed by atoms with E-state index in [0.29, 0.717) is 26.1 Å². The van der Waals surface area contributed by atoms with Gasteiger partial charge in [0.2, 0.25) is 0 Å². The van der Waals surface area contributed by atoms with Crippen LogP contribution in [0.1, 0.15) is 37.1 Å². The quantitative estimate of drug-likeness (QED) is 0.821. The van der Waals surface area contributed by atoms with Crippen molar-refractivity contribution in [2.75, 3.05) is 19.6 Å². The average molecular weight is 362 g/mol. The van der Waals surface area contributed by atoms with Crippen molar-refractivity contribution in [2.24, 2.45) is 0 Å². The molecule has 0 saturated carbocycles. The second-order valence-electron chi connectivity index (χ2n) is 6.42. The number of hydrogen-bond donors (Lipinski definition) is 1. The molecule has 136 valence electrons. The molecule has 1 aromatic heterocycles. The number of benzene rings is 1. The van der Waals surface area contributed by atoms with Gasteiger partial charge in [0.15, 0.2) is 0 Å². The maximum absolute atomic E-state index is 12.4. The van der Waals surface area contributed by atoms with E-state index in [1.165, 1.54) is 5.56 Å². The van der Waals surface area contributed by atoms with Gasteiger partial charge in [-0.25, -0.2) is 9.71 Å². The van der Waals surface area contributed by atoms with E-state index >= 15 is 0 Å². The van der Waals surface area contributed by atoms with E-state index in [-0.39, 0.29) is 0 Å². The van der Waals surface area contributed by atoms with Crippen LogP contribution < -0.4 is 4.72 Å². The van der Waals surface area contributed by atoms with Crippen molar-refractivity contribution >= 4 is 10.2 Å². The maximum Gasteiger partial charge on any atom is 0.279 e. The van der Waals surface area contributed by atoms with Crippen molar-refractivity contribution < 1.29 is 8.42 Å². The molecule has 1 aliphatic heterocycles. The van der Waals surface area contributed by atoms with Gasteiger partial charge in [-0.3, -0.25) is 0 Å². The number of rotatable bonds is 7. The van der Waals surface area contributed by atoms with Crippen molar-refractivity contribution in [3.63, 3.8) is 0 Å². The molecule has 3 rings (SSSR count). The Labute approximate surface area is 150 Å². The zero-order valence-electron chi connectivity index (χ0n) is 14.5. The zero-order chi connectivity index (χ0) is 17.5. The Morgan fingerprint density at radius 3 is 2.48 bits per heavy atom. The molecule has 0 bridgehead atoms. The second kappa shape index (κ2) is 8.60. The predicted molar refractivity (Wildman–Crippen MR) is 98.4 cm³/mol. The molecule has 1 aromatic carbocycles. The lowest BCUT2D eigenvalue weighted by Gasteiger charge is -2.20. The highest BCUT2D eigenvalue weighted by molar-refractivity contribution is 7.87. The van der Waals surface area contributed by atoms with Crippen LogP contribution in [0.25, 0.3) is 0 Å². The summed E-state index contributed by atoms with van der Waals surface area (Å²) in [4.78, 5) is 4.37. The minimum atomic E-state index is -3.39. The van der Waals surface area contributed by atoms with Crippen LogP contribution in [0, 0.1) is 0 Å². The number of hydrogen-bond acceptors (Lipinski definition) is 3. The highest BCUT2D eigenvalue weighted by atomic mass is 32.2. The predicted octanol–water partition coefficient (Wildman–Crippen LogP) is 2.18. The van der Waals surface area contributed by atoms with Crippen LogP contribution >= 0.6 is 0 Å². The molecule has 2 heterocycles. The average Bonchev–Trinajstić information content (AvgIpc) is 2.86. The summed E-state index contributed by atoms with van der Waals surface area (Å²) in [7, 11) is -3.39. The second-order valence-corrected chi connectivity index (χ2v) is 8.17. The molecular formula is C18H26N4O2S. The fraction of sp³-hybridized carbons (Fsp3) is 0.500. The molecule has 1 N–H and O–H groups in total. The van der Waals surface area contributed by atoms with Gasteiger partial charge in [0.25, 0.3) is 10.2 Å². The highest BCUT2D eigenvalue weighted by Crippen LogP contribution is 2.12. The van der Waals surface area contributed by atoms with Crippen molar-refractivity contribution in [3.8, 4) is 0 Å². The largest absolute Gasteiger partial charge is 0.330 e. The molecule has 6 nitrogen and oxygen atoms in total. The molecule has 1 saturated heterocycles. The Hall–Kier alpha value is -1.70. The van der Waals surface area contributed by atoms with Gasteiger partial charge in [-0.15, -0.1) is 0 Å². The van der Waals surface area contributed by atoms with Crippen LogP contribution in [0.15, 0.2) is 42.7 Å². The first-order chi connectivity index (χ1) is 12.1. The molecule has 25 heavy (non-hydrogen) atoms. The number of nitrogens with zero attached hydrogens (tertiary/aromatic N) is 3. The number of aromatic nitrogens is 2. The fourth-order valence-corrected chi connectivity index (χ4v) is 4.44. The topological polar surface area (TPSA) is 67.2 Å². The monoisotopic (exact) mass is 362 g/mol. The fourth-order valence-electron chi connectivity index (χ4n) is 3.16. The van der Waals surface area contributed by atoms with Gasteiger partial charge >= 0.3 is 0 Å². The third-order valence-electron chi connectivity index (χ3n) is 4.54. The molecule has 0 aliphatic carbocycles. The molecule has 0 unspecified atom stereocenters. The van der Waals surface area contributed by atoms with E-state index in [0.717, 1.165) is 38.1 Å². The molecule has 7 heteroatoms. The van der Waals surface area contributed by atoms with Crippen LogP contribution in [0.5, 0.6) is 0 Å². The Morgan fingerprint density at radius 1 is 1.04 bits per heavy atom. The van der Waals surface area contributed by atoms with Crippen molar-refractivity contribution in [3.05, 3.63) is 54.1 Å². The van der Waals surface area contributed by atoms with Gasteiger partial charge in [-0.2, -0.15) is 12.7 Å². The third-order valence-corrected chi connectivity index (χ3v) is 6.15. The van der Waals surface area contributed by atoms with Gasteiger partial charge in [-0.1, -0.05) is 43.2 Å². The van der Waals surface area contributed by atoms with Crippen LogP contribution in [0.3, 0.4) is 0 Å². The Balaban J connectivity index is 1.54. The molecule has 1 fully saturated rings. The molecular weight excluding hydrogens is 336 g/mol. The van der Waals surface area contributed by atoms with E-state index in [4.69, 9.17) is 0 Å². The first kappa shape index (κ1) is 18.1. The van der Waals surface area contributed by atoms with Crippen LogP contribution in [0.2, 0.25) is 0 Å². The summed E-state index contributed by atoms with van der Waals surface area (Å²) in [5, 5.41) is 0. The Bertz CT molecular complexity index is 750. The van der Waals surface area contributed by atoms with Gasteiger partial charge in [0, 0.05) is 45.0 Å². The normalized spacial score (nSPS) is 16.6. The summed E-state index contributed by atoms with van der Waals surface area (Å²) in [6, 6.07) is 10.2. The lowest BCUT2D eigenvalue weighted by atomic mass is 10.2. The maximum atomic E-state index is 12.4. The van der Waals surface area contributed by atoms with Gasteiger partial charge in [0.1, 0.15) is 5.82 Å². The highest BCUT2D eigenvalue weighted by Gasteiger charge is 2.22. The summed E-state index contributed by atoms with van der Waals surface area (Å²) in [5.41, 5.74) is 1.20. The summed E-state index contributed by atoms with van der Waals surface area (Å²) in [6.45, 7) is 2.36. The number of nitrogens with one attached hydrogen (secondary N) is 1. The van der Waals surface area contributed by atoms with Gasteiger partial charge in [0.05, 0.1) is 0 Å². The van der Waals surface area contributed by atoms with Crippen molar-refractivity contribution in [1.82, 2.24) is 18.6 Å². The third kappa shape index (κ3) is 5.14. The van der Waals surface area contributed by atoms with E-state index in [1.807, 2.05) is 24.4 Å². The summed E-state index contributed by atoms with van der Waals surface area (Å²) in [6.07, 6.45) is 8.40. The van der Waals surface area contributed by atoms with Crippen molar-refractivity contribution in [1.29, 1.82) is 0 Å². The van der Waals surface area contributed by atoms with Crippen molar-refractivity contribution in [2.45, 2.75) is 38.6 Å². The van der Waals surface area contributed by atoms with Gasteiger partial charge < -0.3 is 4.57 Å². The molecule has 0 amide bonds. The van der Waals surface area contributed by atoms with E-state index in [1.54, 1.807) is 10.5 Å². The molecule has 1 aliphatic rings. The summed E-state index contributed by atoms with van der Waals surface area (Å²) < 4.78 is 31.2. The standard InChI is InChI=1S/C18H26N4O2S/c23-25(24,22-13-6-1-2-7-14-22)20-11-10-18-19-12-15-21(18)16-17-8-4-3-5-9-17/h3-5,8-9,12,15,20H,1-2,6-7,10-11,13-14,16H2. The molecule has 0 atom stereocenters. The van der Waals surface area contributed by atoms with Gasteiger partial charge in [-0.05, 0) is 18.4 Å². The lowest BCUT2D eigenvalue weighted by Crippen LogP contribution is -2.42. The van der Waals surface area contributed by atoms with Crippen LogP contribution in [-0.4, -0.2) is 41.9 Å². The van der Waals surface area contributed by atoms with Crippen LogP contribution in [-0.2, 0) is 23.2 Å². The minimum Gasteiger partial charge on any atom is -0.330 e. The smallest absolute Gasteiger partial charge is 0.279 e. The zero-order valence-corrected chi connectivity index (χ0v) is 15.3. The molecule has 2 aromatic rings. The Morgan fingerprint density at radius 2 is 1.76 bits per heavy atom. The Kier molecular flexibility index (Phi) is 6.23. The first-order valence-electron chi connectivity index (χ1n) is 8.94. The lowest BCUT2D eigenvalue weighted by molar-refractivity contribution is 0.415. The van der Waals surface area contributed by atoms with E-state index < -0.39 is 10.2 Å². The molecule has 0 spiro atoms.